The van der Waals surface area contributed by atoms with Crippen LogP contribution in [0.5, 0.6) is 0 Å². The zero-order valence-electron chi connectivity index (χ0n) is 10.9. The van der Waals surface area contributed by atoms with Crippen molar-refractivity contribution in [3.05, 3.63) is 15.6 Å². The summed E-state index contributed by atoms with van der Waals surface area (Å²) < 4.78 is 0. The first-order valence-corrected chi connectivity index (χ1v) is 6.91. The molecule has 16 heavy (non-hydrogen) atoms. The van der Waals surface area contributed by atoms with E-state index in [2.05, 4.69) is 40.1 Å². The van der Waals surface area contributed by atoms with Crippen LogP contribution in [0, 0.1) is 5.41 Å². The molecule has 1 aromatic rings. The molecule has 0 amide bonds. The van der Waals surface area contributed by atoms with Gasteiger partial charge in [0, 0.05) is 16.8 Å². The Balaban J connectivity index is 2.39. The Kier molecular flexibility index (Phi) is 3.10. The molecule has 1 atom stereocenters. The van der Waals surface area contributed by atoms with Gasteiger partial charge >= 0.3 is 0 Å². The third-order valence-electron chi connectivity index (χ3n) is 3.31. The summed E-state index contributed by atoms with van der Waals surface area (Å²) in [6.07, 6.45) is 2.35. The third kappa shape index (κ3) is 2.16. The molecule has 3 heteroatoms. The summed E-state index contributed by atoms with van der Waals surface area (Å²) in [4.78, 5) is 6.30. The molecule has 2 rings (SSSR count). The maximum atomic E-state index is 4.82. The Labute approximate surface area is 102 Å². The fourth-order valence-corrected chi connectivity index (χ4v) is 3.63. The van der Waals surface area contributed by atoms with Crippen LogP contribution in [-0.2, 0) is 6.42 Å². The molecule has 0 saturated carbocycles. The molecule has 0 spiro atoms. The first-order chi connectivity index (χ1) is 7.43. The minimum Gasteiger partial charge on any atom is -0.312 e. The Bertz CT molecular complexity index is 379. The molecule has 0 bridgehead atoms. The molecule has 1 N–H and O–H groups in total. The SMILES string of the molecule is CNC1CC(C)(C)Cc2nc(C(C)C)sc21. The summed E-state index contributed by atoms with van der Waals surface area (Å²) in [7, 11) is 2.06. The molecule has 0 fully saturated rings. The van der Waals surface area contributed by atoms with Crippen LogP contribution in [0.1, 0.15) is 61.7 Å². The molecular weight excluding hydrogens is 216 g/mol. The smallest absolute Gasteiger partial charge is 0.0957 e. The molecule has 90 valence electrons. The second-order valence-electron chi connectivity index (χ2n) is 5.90. The molecule has 2 nitrogen and oxygen atoms in total. The van der Waals surface area contributed by atoms with Crippen molar-refractivity contribution in [3.8, 4) is 0 Å². The number of nitrogens with zero attached hydrogens (tertiary/aromatic N) is 1. The summed E-state index contributed by atoms with van der Waals surface area (Å²) in [6.45, 7) is 9.14. The highest BCUT2D eigenvalue weighted by Gasteiger charge is 2.34. The fourth-order valence-electron chi connectivity index (χ4n) is 2.43. The number of hydrogen-bond donors (Lipinski definition) is 1. The average molecular weight is 238 g/mol. The van der Waals surface area contributed by atoms with Gasteiger partial charge in [0.15, 0.2) is 0 Å². The van der Waals surface area contributed by atoms with E-state index >= 15 is 0 Å². The predicted molar refractivity (Wildman–Crippen MR) is 70.1 cm³/mol. The number of nitrogens with one attached hydrogen (secondary N) is 1. The lowest BCUT2D eigenvalue weighted by Gasteiger charge is -2.34. The quantitative estimate of drug-likeness (QED) is 0.853. The molecule has 1 aromatic heterocycles. The van der Waals surface area contributed by atoms with Crippen LogP contribution in [0.15, 0.2) is 0 Å². The van der Waals surface area contributed by atoms with Gasteiger partial charge in [0.1, 0.15) is 0 Å². The van der Waals surface area contributed by atoms with Gasteiger partial charge in [-0.05, 0) is 25.3 Å². The molecular formula is C13H22N2S. The maximum absolute atomic E-state index is 4.82. The van der Waals surface area contributed by atoms with E-state index in [1.807, 2.05) is 11.3 Å². The topological polar surface area (TPSA) is 24.9 Å². The zero-order valence-corrected chi connectivity index (χ0v) is 11.7. The molecule has 0 saturated heterocycles. The van der Waals surface area contributed by atoms with Crippen LogP contribution >= 0.6 is 11.3 Å². The number of thiazole rings is 1. The molecule has 1 aliphatic rings. The van der Waals surface area contributed by atoms with Crippen molar-refractivity contribution in [2.45, 2.75) is 52.5 Å². The molecule has 0 radical (unpaired) electrons. The Morgan fingerprint density at radius 2 is 2.12 bits per heavy atom. The first kappa shape index (κ1) is 12.1. The van der Waals surface area contributed by atoms with E-state index in [1.54, 1.807) is 0 Å². The monoisotopic (exact) mass is 238 g/mol. The lowest BCUT2D eigenvalue weighted by molar-refractivity contribution is 0.265. The van der Waals surface area contributed by atoms with Gasteiger partial charge in [-0.15, -0.1) is 11.3 Å². The normalized spacial score (nSPS) is 23.5. The van der Waals surface area contributed by atoms with Crippen LogP contribution in [0.3, 0.4) is 0 Å². The van der Waals surface area contributed by atoms with E-state index in [1.165, 1.54) is 22.0 Å². The number of rotatable bonds is 2. The lowest BCUT2D eigenvalue weighted by atomic mass is 9.76. The van der Waals surface area contributed by atoms with E-state index in [-0.39, 0.29) is 0 Å². The van der Waals surface area contributed by atoms with Crippen LogP contribution in [0.2, 0.25) is 0 Å². The average Bonchev–Trinajstić information content (AvgIpc) is 2.58. The maximum Gasteiger partial charge on any atom is 0.0957 e. The van der Waals surface area contributed by atoms with Gasteiger partial charge in [-0.1, -0.05) is 27.7 Å². The molecule has 1 unspecified atom stereocenters. The minimum atomic E-state index is 0.378. The van der Waals surface area contributed by atoms with E-state index in [9.17, 15) is 0 Å². The van der Waals surface area contributed by atoms with Gasteiger partial charge in [-0.3, -0.25) is 0 Å². The van der Waals surface area contributed by atoms with Gasteiger partial charge in [0.05, 0.1) is 10.7 Å². The van der Waals surface area contributed by atoms with Gasteiger partial charge < -0.3 is 5.32 Å². The summed E-state index contributed by atoms with van der Waals surface area (Å²) in [6, 6.07) is 0.503. The highest BCUT2D eigenvalue weighted by Crippen LogP contribution is 2.43. The van der Waals surface area contributed by atoms with Gasteiger partial charge in [-0.2, -0.15) is 0 Å². The summed E-state index contributed by atoms with van der Waals surface area (Å²) >= 11 is 1.90. The molecule has 1 heterocycles. The van der Waals surface area contributed by atoms with Crippen molar-refractivity contribution in [3.63, 3.8) is 0 Å². The first-order valence-electron chi connectivity index (χ1n) is 6.10. The Morgan fingerprint density at radius 1 is 1.44 bits per heavy atom. The highest BCUT2D eigenvalue weighted by atomic mass is 32.1. The van der Waals surface area contributed by atoms with Crippen molar-refractivity contribution in [1.29, 1.82) is 0 Å². The molecule has 0 aromatic carbocycles. The lowest BCUT2D eigenvalue weighted by Crippen LogP contribution is -2.30. The minimum absolute atomic E-state index is 0.378. The third-order valence-corrected chi connectivity index (χ3v) is 4.82. The summed E-state index contributed by atoms with van der Waals surface area (Å²) in [5.74, 6) is 0.552. The van der Waals surface area contributed by atoms with Crippen molar-refractivity contribution < 1.29 is 0 Å². The van der Waals surface area contributed by atoms with Gasteiger partial charge in [0.2, 0.25) is 0 Å². The van der Waals surface area contributed by atoms with E-state index in [0.717, 1.165) is 6.42 Å². The Hall–Kier alpha value is -0.410. The van der Waals surface area contributed by atoms with E-state index in [0.29, 0.717) is 17.4 Å². The number of fused-ring (bicyclic) bond motifs is 1. The van der Waals surface area contributed by atoms with Crippen molar-refractivity contribution in [2.75, 3.05) is 7.05 Å². The molecule has 0 aliphatic heterocycles. The second-order valence-corrected chi connectivity index (χ2v) is 6.97. The van der Waals surface area contributed by atoms with Gasteiger partial charge in [-0.25, -0.2) is 4.98 Å². The Morgan fingerprint density at radius 3 is 2.69 bits per heavy atom. The predicted octanol–water partition coefficient (Wildman–Crippen LogP) is 3.50. The van der Waals surface area contributed by atoms with Crippen LogP contribution in [0.4, 0.5) is 0 Å². The zero-order chi connectivity index (χ0) is 11.9. The molecule has 1 aliphatic carbocycles. The fraction of sp³-hybridized carbons (Fsp3) is 0.769. The summed E-state index contributed by atoms with van der Waals surface area (Å²) in [5, 5.41) is 4.73. The second kappa shape index (κ2) is 4.11. The van der Waals surface area contributed by atoms with E-state index in [4.69, 9.17) is 4.98 Å². The van der Waals surface area contributed by atoms with Crippen LogP contribution in [-0.4, -0.2) is 12.0 Å². The number of hydrogen-bond acceptors (Lipinski definition) is 3. The van der Waals surface area contributed by atoms with Crippen molar-refractivity contribution >= 4 is 11.3 Å². The largest absolute Gasteiger partial charge is 0.312 e. The van der Waals surface area contributed by atoms with Crippen molar-refractivity contribution in [2.24, 2.45) is 5.41 Å². The van der Waals surface area contributed by atoms with Crippen LogP contribution in [0.25, 0.3) is 0 Å². The number of aromatic nitrogens is 1. The standard InChI is InChI=1S/C13H22N2S/c1-8(2)12-15-10-7-13(3,4)6-9(14-5)11(10)16-12/h8-9,14H,6-7H2,1-5H3. The van der Waals surface area contributed by atoms with E-state index < -0.39 is 0 Å². The van der Waals surface area contributed by atoms with Crippen molar-refractivity contribution in [1.82, 2.24) is 10.3 Å². The highest BCUT2D eigenvalue weighted by molar-refractivity contribution is 7.12. The van der Waals surface area contributed by atoms with Gasteiger partial charge in [0.25, 0.3) is 0 Å². The summed E-state index contributed by atoms with van der Waals surface area (Å²) in [5.41, 5.74) is 1.72. The van der Waals surface area contributed by atoms with Crippen LogP contribution < -0.4 is 5.32 Å².